The number of carbonyl (C=O) groups excluding carboxylic acids is 1. The second kappa shape index (κ2) is 11.0. The fourth-order valence-electron chi connectivity index (χ4n) is 3.02. The van der Waals surface area contributed by atoms with Crippen LogP contribution in [0, 0.1) is 10.1 Å². The topological polar surface area (TPSA) is 131 Å². The van der Waals surface area contributed by atoms with Crippen molar-refractivity contribution in [3.63, 3.8) is 0 Å². The van der Waals surface area contributed by atoms with Gasteiger partial charge in [0.2, 0.25) is 0 Å². The Bertz CT molecular complexity index is 1360. The zero-order valence-electron chi connectivity index (χ0n) is 18.7. The van der Waals surface area contributed by atoms with Crippen LogP contribution in [-0.2, 0) is 14.8 Å². The van der Waals surface area contributed by atoms with Gasteiger partial charge in [0.25, 0.3) is 21.6 Å². The molecule has 3 aromatic carbocycles. The maximum Gasteiger partial charge on any atom is 0.269 e. The van der Waals surface area contributed by atoms with Crippen molar-refractivity contribution >= 4 is 44.6 Å². The Kier molecular flexibility index (Phi) is 8.05. The first-order chi connectivity index (χ1) is 16.6. The van der Waals surface area contributed by atoms with Crippen LogP contribution in [0.4, 0.5) is 11.4 Å². The first-order valence-corrected chi connectivity index (χ1v) is 11.9. The number of nitrogens with one attached hydrogen (secondary N) is 1. The van der Waals surface area contributed by atoms with E-state index in [9.17, 15) is 23.3 Å². The third-order valence-electron chi connectivity index (χ3n) is 4.88. The molecule has 0 radical (unpaired) electrons. The summed E-state index contributed by atoms with van der Waals surface area (Å²) in [7, 11) is -2.68. The highest BCUT2D eigenvalue weighted by atomic mass is 35.5. The Labute approximate surface area is 207 Å². The molecule has 0 bridgehead atoms. The van der Waals surface area contributed by atoms with Crippen LogP contribution in [0.25, 0.3) is 0 Å². The van der Waals surface area contributed by atoms with E-state index in [0.29, 0.717) is 22.0 Å². The third kappa shape index (κ3) is 6.34. The van der Waals surface area contributed by atoms with Crippen molar-refractivity contribution in [3.8, 4) is 5.75 Å². The molecule has 0 heterocycles. The van der Waals surface area contributed by atoms with E-state index >= 15 is 0 Å². The molecule has 1 N–H and O–H groups in total. The summed E-state index contributed by atoms with van der Waals surface area (Å²) < 4.78 is 32.8. The molecule has 0 aliphatic rings. The smallest absolute Gasteiger partial charge is 0.269 e. The number of ether oxygens (including phenoxy) is 1. The molecule has 12 heteroatoms. The molecule has 0 unspecified atom stereocenters. The Morgan fingerprint density at radius 2 is 1.77 bits per heavy atom. The lowest BCUT2D eigenvalue weighted by molar-refractivity contribution is -0.384. The van der Waals surface area contributed by atoms with Gasteiger partial charge >= 0.3 is 0 Å². The van der Waals surface area contributed by atoms with Crippen molar-refractivity contribution in [2.45, 2.75) is 11.8 Å². The van der Waals surface area contributed by atoms with E-state index in [0.717, 1.165) is 4.31 Å². The largest absolute Gasteiger partial charge is 0.497 e. The van der Waals surface area contributed by atoms with Crippen LogP contribution in [0.1, 0.15) is 12.5 Å². The number of halogens is 1. The molecule has 1 amide bonds. The first-order valence-electron chi connectivity index (χ1n) is 10.1. The minimum absolute atomic E-state index is 0.0448. The van der Waals surface area contributed by atoms with Gasteiger partial charge < -0.3 is 4.74 Å². The molecule has 182 valence electrons. The van der Waals surface area contributed by atoms with E-state index in [-0.39, 0.29) is 16.3 Å². The van der Waals surface area contributed by atoms with E-state index in [4.69, 9.17) is 16.3 Å². The van der Waals surface area contributed by atoms with Crippen molar-refractivity contribution in [2.75, 3.05) is 18.0 Å². The highest BCUT2D eigenvalue weighted by Gasteiger charge is 2.27. The van der Waals surface area contributed by atoms with E-state index in [1.807, 2.05) is 0 Å². The molecule has 0 aromatic heterocycles. The number of nitrogens with zero attached hydrogens (tertiary/aromatic N) is 3. The van der Waals surface area contributed by atoms with E-state index < -0.39 is 27.4 Å². The third-order valence-corrected chi connectivity index (χ3v) is 6.90. The van der Waals surface area contributed by atoms with Gasteiger partial charge in [-0.15, -0.1) is 0 Å². The molecule has 0 saturated carbocycles. The number of hydrogen-bond donors (Lipinski definition) is 1. The lowest BCUT2D eigenvalue weighted by atomic mass is 10.1. The van der Waals surface area contributed by atoms with Crippen molar-refractivity contribution in [2.24, 2.45) is 5.10 Å². The minimum atomic E-state index is -4.15. The number of rotatable bonds is 9. The minimum Gasteiger partial charge on any atom is -0.497 e. The number of benzene rings is 3. The predicted octanol–water partition coefficient (Wildman–Crippen LogP) is 3.99. The predicted molar refractivity (Wildman–Crippen MR) is 132 cm³/mol. The zero-order chi connectivity index (χ0) is 25.6. The number of amides is 1. The summed E-state index contributed by atoms with van der Waals surface area (Å²) in [6, 6.07) is 17.5. The van der Waals surface area contributed by atoms with Crippen LogP contribution in [-0.4, -0.2) is 38.6 Å². The van der Waals surface area contributed by atoms with Crippen LogP contribution in [0.2, 0.25) is 5.02 Å². The Hall–Kier alpha value is -3.96. The van der Waals surface area contributed by atoms with Crippen molar-refractivity contribution < 1.29 is 22.9 Å². The van der Waals surface area contributed by atoms with Crippen LogP contribution in [0.5, 0.6) is 5.75 Å². The van der Waals surface area contributed by atoms with Gasteiger partial charge in [0.15, 0.2) is 0 Å². The van der Waals surface area contributed by atoms with Gasteiger partial charge in [0, 0.05) is 17.2 Å². The lowest BCUT2D eigenvalue weighted by Gasteiger charge is -2.24. The highest BCUT2D eigenvalue weighted by Crippen LogP contribution is 2.27. The summed E-state index contributed by atoms with van der Waals surface area (Å²) >= 11 is 6.06. The summed E-state index contributed by atoms with van der Waals surface area (Å²) in [4.78, 5) is 22.9. The average molecular weight is 517 g/mol. The highest BCUT2D eigenvalue weighted by molar-refractivity contribution is 7.92. The molecule has 0 atom stereocenters. The van der Waals surface area contributed by atoms with Gasteiger partial charge in [-0.25, -0.2) is 13.8 Å². The quantitative estimate of drug-likeness (QED) is 0.260. The van der Waals surface area contributed by atoms with Crippen molar-refractivity contribution in [1.82, 2.24) is 5.43 Å². The molecule has 10 nitrogen and oxygen atoms in total. The maximum atomic E-state index is 13.4. The number of carbonyl (C=O) groups is 1. The Balaban J connectivity index is 1.85. The summed E-state index contributed by atoms with van der Waals surface area (Å²) in [6.07, 6.45) is 0. The molecule has 35 heavy (non-hydrogen) atoms. The molecule has 0 fully saturated rings. The molecule has 0 aliphatic heterocycles. The molecule has 3 aromatic rings. The summed E-state index contributed by atoms with van der Waals surface area (Å²) in [6.45, 7) is 1.02. The van der Waals surface area contributed by atoms with Gasteiger partial charge in [0.05, 0.1) is 28.3 Å². The van der Waals surface area contributed by atoms with Crippen LogP contribution < -0.4 is 14.5 Å². The first kappa shape index (κ1) is 25.7. The summed E-state index contributed by atoms with van der Waals surface area (Å²) in [5, 5.41) is 15.1. The fourth-order valence-corrected chi connectivity index (χ4v) is 4.62. The average Bonchev–Trinajstić information content (AvgIpc) is 2.85. The van der Waals surface area contributed by atoms with Crippen molar-refractivity contribution in [1.29, 1.82) is 0 Å². The van der Waals surface area contributed by atoms with Crippen LogP contribution in [0.15, 0.2) is 82.8 Å². The maximum absolute atomic E-state index is 13.4. The van der Waals surface area contributed by atoms with Gasteiger partial charge in [0.1, 0.15) is 12.3 Å². The molecular formula is C23H21ClN4O6S. The van der Waals surface area contributed by atoms with Gasteiger partial charge in [-0.3, -0.25) is 19.2 Å². The number of sulfonamides is 1. The summed E-state index contributed by atoms with van der Waals surface area (Å²) in [5.41, 5.74) is 3.37. The Morgan fingerprint density at radius 1 is 1.11 bits per heavy atom. The lowest BCUT2D eigenvalue weighted by Crippen LogP contribution is -2.39. The SMILES string of the molecule is COc1ccc(S(=O)(=O)N(CC(=O)N/N=C(/C)c2ccc([N+](=O)[O-])cc2)c2cccc(Cl)c2)cc1. The van der Waals surface area contributed by atoms with Crippen molar-refractivity contribution in [3.05, 3.63) is 93.5 Å². The number of anilines is 1. The zero-order valence-corrected chi connectivity index (χ0v) is 20.3. The van der Waals surface area contributed by atoms with Crippen LogP contribution in [0.3, 0.4) is 0 Å². The van der Waals surface area contributed by atoms with E-state index in [1.165, 1.54) is 67.8 Å². The second-order valence-electron chi connectivity index (χ2n) is 7.20. The molecule has 3 rings (SSSR count). The Morgan fingerprint density at radius 3 is 2.34 bits per heavy atom. The fraction of sp³-hybridized carbons (Fsp3) is 0.130. The number of nitro groups is 1. The normalized spacial score (nSPS) is 11.6. The molecule has 0 aliphatic carbocycles. The molecular weight excluding hydrogens is 496 g/mol. The molecule has 0 saturated heterocycles. The van der Waals surface area contributed by atoms with Gasteiger partial charge in [-0.2, -0.15) is 5.10 Å². The number of hydrogen-bond acceptors (Lipinski definition) is 7. The second-order valence-corrected chi connectivity index (χ2v) is 9.50. The van der Waals surface area contributed by atoms with Gasteiger partial charge in [-0.05, 0) is 67.1 Å². The standard InChI is InChI=1S/C23H21ClN4O6S/c1-16(17-6-8-19(9-7-17)28(30)31)25-26-23(29)15-27(20-5-3-4-18(24)14-20)35(32,33)22-12-10-21(34-2)11-13-22/h3-14H,15H2,1-2H3,(H,26,29)/b25-16-. The summed E-state index contributed by atoms with van der Waals surface area (Å²) in [5.74, 6) is -0.227. The monoisotopic (exact) mass is 516 g/mol. The number of hydrazone groups is 1. The number of non-ortho nitro benzene ring substituents is 1. The van der Waals surface area contributed by atoms with E-state index in [1.54, 1.807) is 19.1 Å². The van der Waals surface area contributed by atoms with E-state index in [2.05, 4.69) is 10.5 Å². The molecule has 0 spiro atoms. The van der Waals surface area contributed by atoms with Gasteiger partial charge in [-0.1, -0.05) is 17.7 Å². The number of nitro benzene ring substituents is 1. The van der Waals surface area contributed by atoms with Crippen LogP contribution >= 0.6 is 11.6 Å². The number of methoxy groups -OCH3 is 1.